The molecule has 2 aliphatic rings. The molecule has 2 aliphatic carbocycles. The quantitative estimate of drug-likeness (QED) is 0.390. The standard InChI is InChI=1S/C26H27NO3/c1-4-16-11-20-19(10-15(16)2)25(28)21(26(20)29)12-18-13-23-24(30-18)14-22(27(23)3)17-8-6-5-7-9-17/h10-14,17H,4-9H2,1-3H3/b21-12+. The molecule has 4 heteroatoms. The van der Waals surface area contributed by atoms with Crippen LogP contribution in [0.5, 0.6) is 0 Å². The maximum Gasteiger partial charge on any atom is 0.197 e. The molecular weight excluding hydrogens is 374 g/mol. The molecule has 0 spiro atoms. The van der Waals surface area contributed by atoms with Gasteiger partial charge in [-0.05, 0) is 61.4 Å². The third-order valence-electron chi connectivity index (χ3n) is 6.93. The average molecular weight is 402 g/mol. The lowest BCUT2D eigenvalue weighted by atomic mass is 9.87. The molecule has 30 heavy (non-hydrogen) atoms. The number of fused-ring (bicyclic) bond motifs is 2. The van der Waals surface area contributed by atoms with Gasteiger partial charge in [0.1, 0.15) is 5.76 Å². The van der Waals surface area contributed by atoms with E-state index in [4.69, 9.17) is 4.42 Å². The highest BCUT2D eigenvalue weighted by Crippen LogP contribution is 2.37. The fourth-order valence-electron chi connectivity index (χ4n) is 5.19. The van der Waals surface area contributed by atoms with Crippen molar-refractivity contribution in [3.8, 4) is 0 Å². The monoisotopic (exact) mass is 401 g/mol. The molecule has 3 aromatic rings. The van der Waals surface area contributed by atoms with E-state index < -0.39 is 0 Å². The Hall–Kier alpha value is -2.88. The third-order valence-corrected chi connectivity index (χ3v) is 6.93. The zero-order valence-corrected chi connectivity index (χ0v) is 17.9. The van der Waals surface area contributed by atoms with E-state index in [0.717, 1.165) is 28.6 Å². The van der Waals surface area contributed by atoms with Gasteiger partial charge in [0.15, 0.2) is 17.1 Å². The van der Waals surface area contributed by atoms with Gasteiger partial charge in [-0.1, -0.05) is 26.2 Å². The highest BCUT2D eigenvalue weighted by atomic mass is 16.3. The van der Waals surface area contributed by atoms with E-state index in [1.807, 2.05) is 25.1 Å². The van der Waals surface area contributed by atoms with Crippen molar-refractivity contribution in [1.29, 1.82) is 0 Å². The van der Waals surface area contributed by atoms with Crippen molar-refractivity contribution in [3.05, 3.63) is 63.5 Å². The van der Waals surface area contributed by atoms with Gasteiger partial charge >= 0.3 is 0 Å². The topological polar surface area (TPSA) is 52.2 Å². The Kier molecular flexibility index (Phi) is 4.53. The molecule has 5 rings (SSSR count). The molecule has 2 aromatic heterocycles. The van der Waals surface area contributed by atoms with Crippen molar-refractivity contribution in [2.45, 2.75) is 58.3 Å². The summed E-state index contributed by atoms with van der Waals surface area (Å²) in [7, 11) is 2.08. The van der Waals surface area contributed by atoms with Crippen LogP contribution in [0, 0.1) is 6.92 Å². The van der Waals surface area contributed by atoms with Crippen molar-refractivity contribution >= 4 is 28.7 Å². The molecule has 0 saturated heterocycles. The highest BCUT2D eigenvalue weighted by molar-refractivity contribution is 6.41. The molecule has 1 fully saturated rings. The SMILES string of the molecule is CCc1cc2c(cc1C)C(=O)/C(=C\c1cc3c(cc(C4CCCCC4)n3C)o1)C2=O. The first-order valence-corrected chi connectivity index (χ1v) is 11.0. The van der Waals surface area contributed by atoms with Gasteiger partial charge in [-0.3, -0.25) is 9.59 Å². The van der Waals surface area contributed by atoms with Crippen molar-refractivity contribution in [2.24, 2.45) is 7.05 Å². The van der Waals surface area contributed by atoms with Crippen molar-refractivity contribution in [3.63, 3.8) is 0 Å². The van der Waals surface area contributed by atoms with Gasteiger partial charge in [-0.15, -0.1) is 0 Å². The average Bonchev–Trinajstić information content (AvgIpc) is 3.36. The fraction of sp³-hybridized carbons (Fsp3) is 0.385. The Bertz CT molecular complexity index is 1210. The fourth-order valence-corrected chi connectivity index (χ4v) is 5.19. The summed E-state index contributed by atoms with van der Waals surface area (Å²) in [5, 5.41) is 0. The van der Waals surface area contributed by atoms with Gasteiger partial charge in [-0.2, -0.15) is 0 Å². The van der Waals surface area contributed by atoms with Crippen LogP contribution in [0.1, 0.15) is 88.2 Å². The van der Waals surface area contributed by atoms with Crippen LogP contribution in [0.2, 0.25) is 0 Å². The molecule has 0 amide bonds. The van der Waals surface area contributed by atoms with Crippen LogP contribution in [0.3, 0.4) is 0 Å². The van der Waals surface area contributed by atoms with Crippen LogP contribution in [-0.2, 0) is 13.5 Å². The Morgan fingerprint density at radius 2 is 1.73 bits per heavy atom. The van der Waals surface area contributed by atoms with E-state index in [9.17, 15) is 9.59 Å². The number of carbonyl (C=O) groups is 2. The summed E-state index contributed by atoms with van der Waals surface area (Å²) >= 11 is 0. The van der Waals surface area contributed by atoms with Crippen LogP contribution >= 0.6 is 0 Å². The number of rotatable bonds is 3. The first-order chi connectivity index (χ1) is 14.5. The van der Waals surface area contributed by atoms with Crippen LogP contribution in [0.25, 0.3) is 17.2 Å². The lowest BCUT2D eigenvalue weighted by Gasteiger charge is -2.22. The van der Waals surface area contributed by atoms with E-state index in [0.29, 0.717) is 22.8 Å². The molecule has 4 nitrogen and oxygen atoms in total. The number of aryl methyl sites for hydroxylation is 3. The molecule has 154 valence electrons. The maximum absolute atomic E-state index is 12.9. The smallest absolute Gasteiger partial charge is 0.197 e. The van der Waals surface area contributed by atoms with Gasteiger partial charge in [0.25, 0.3) is 0 Å². The first kappa shape index (κ1) is 19.1. The van der Waals surface area contributed by atoms with Gasteiger partial charge < -0.3 is 8.98 Å². The van der Waals surface area contributed by atoms with E-state index in [-0.39, 0.29) is 17.1 Å². The molecule has 0 aliphatic heterocycles. The molecular formula is C26H27NO3. The number of carbonyl (C=O) groups excluding carboxylic acids is 2. The number of allylic oxidation sites excluding steroid dienone is 1. The number of hydrogen-bond acceptors (Lipinski definition) is 3. The Morgan fingerprint density at radius 1 is 1.03 bits per heavy atom. The number of furan rings is 1. The molecule has 1 saturated carbocycles. The lowest BCUT2D eigenvalue weighted by Crippen LogP contribution is -2.08. The molecule has 0 unspecified atom stereocenters. The Labute approximate surface area is 176 Å². The van der Waals surface area contributed by atoms with Gasteiger partial charge in [0.05, 0.1) is 11.1 Å². The normalized spacial score (nSPS) is 18.7. The van der Waals surface area contributed by atoms with Gasteiger partial charge in [0.2, 0.25) is 0 Å². The summed E-state index contributed by atoms with van der Waals surface area (Å²) in [6.07, 6.45) is 8.84. The second-order valence-corrected chi connectivity index (χ2v) is 8.76. The summed E-state index contributed by atoms with van der Waals surface area (Å²) in [5.74, 6) is 0.747. The van der Waals surface area contributed by atoms with Crippen LogP contribution in [-0.4, -0.2) is 16.1 Å². The summed E-state index contributed by atoms with van der Waals surface area (Å²) in [5.41, 5.74) is 6.55. The van der Waals surface area contributed by atoms with E-state index in [1.54, 1.807) is 6.08 Å². The molecule has 0 atom stereocenters. The first-order valence-electron chi connectivity index (χ1n) is 11.0. The summed E-state index contributed by atoms with van der Waals surface area (Å²) in [4.78, 5) is 25.8. The zero-order chi connectivity index (χ0) is 21.0. The van der Waals surface area contributed by atoms with Gasteiger partial charge in [-0.25, -0.2) is 0 Å². The predicted octanol–water partition coefficient (Wildman–Crippen LogP) is 6.15. The maximum atomic E-state index is 12.9. The Balaban J connectivity index is 1.50. The second kappa shape index (κ2) is 7.12. The molecule has 0 N–H and O–H groups in total. The van der Waals surface area contributed by atoms with Crippen molar-refractivity contribution in [2.75, 3.05) is 0 Å². The van der Waals surface area contributed by atoms with Crippen LogP contribution in [0.4, 0.5) is 0 Å². The van der Waals surface area contributed by atoms with E-state index in [1.165, 1.54) is 37.8 Å². The molecule has 1 aromatic carbocycles. The minimum Gasteiger partial charge on any atom is -0.455 e. The molecule has 2 heterocycles. The van der Waals surface area contributed by atoms with Crippen molar-refractivity contribution < 1.29 is 14.0 Å². The number of Topliss-reactive ketones (excluding diaryl/α,β-unsaturated/α-hetero) is 2. The third kappa shape index (κ3) is 2.89. The second-order valence-electron chi connectivity index (χ2n) is 8.76. The summed E-state index contributed by atoms with van der Waals surface area (Å²) in [6.45, 7) is 4.05. The number of ketones is 2. The minimum absolute atomic E-state index is 0.198. The predicted molar refractivity (Wildman–Crippen MR) is 118 cm³/mol. The molecule has 0 bridgehead atoms. The summed E-state index contributed by atoms with van der Waals surface area (Å²) < 4.78 is 8.25. The lowest BCUT2D eigenvalue weighted by molar-refractivity contribution is 0.0990. The van der Waals surface area contributed by atoms with E-state index in [2.05, 4.69) is 24.6 Å². The number of aromatic nitrogens is 1. The van der Waals surface area contributed by atoms with E-state index >= 15 is 0 Å². The largest absolute Gasteiger partial charge is 0.455 e. The number of hydrogen-bond donors (Lipinski definition) is 0. The van der Waals surface area contributed by atoms with Crippen molar-refractivity contribution in [1.82, 2.24) is 4.57 Å². The highest BCUT2D eigenvalue weighted by Gasteiger charge is 2.34. The molecule has 0 radical (unpaired) electrons. The number of nitrogens with zero attached hydrogens (tertiary/aromatic N) is 1. The Morgan fingerprint density at radius 3 is 2.40 bits per heavy atom. The number of benzene rings is 1. The summed E-state index contributed by atoms with van der Waals surface area (Å²) in [6, 6.07) is 7.81. The van der Waals surface area contributed by atoms with Crippen LogP contribution < -0.4 is 0 Å². The zero-order valence-electron chi connectivity index (χ0n) is 17.9. The van der Waals surface area contributed by atoms with Gasteiger partial charge in [0, 0.05) is 36.0 Å². The minimum atomic E-state index is -0.205. The van der Waals surface area contributed by atoms with Crippen LogP contribution in [0.15, 0.2) is 34.3 Å².